The van der Waals surface area contributed by atoms with Crippen molar-refractivity contribution in [3.8, 4) is 0 Å². The van der Waals surface area contributed by atoms with Gasteiger partial charge in [0.2, 0.25) is 5.95 Å². The number of nitrogens with zero attached hydrogens (tertiary/aromatic N) is 4. The van der Waals surface area contributed by atoms with Gasteiger partial charge in [0, 0.05) is 49.5 Å². The third kappa shape index (κ3) is 4.06. The number of rotatable bonds is 6. The van der Waals surface area contributed by atoms with E-state index in [-0.39, 0.29) is 0 Å². The van der Waals surface area contributed by atoms with Gasteiger partial charge in [0.1, 0.15) is 5.76 Å². The zero-order valence-electron chi connectivity index (χ0n) is 16.1. The van der Waals surface area contributed by atoms with Crippen LogP contribution >= 0.6 is 0 Å². The lowest BCUT2D eigenvalue weighted by atomic mass is 10.1. The Kier molecular flexibility index (Phi) is 5.25. The molecule has 0 aromatic carbocycles. The Balaban J connectivity index is 1.38. The summed E-state index contributed by atoms with van der Waals surface area (Å²) in [6.45, 7) is 8.00. The molecule has 6 heteroatoms. The molecule has 4 heterocycles. The molecule has 142 valence electrons. The van der Waals surface area contributed by atoms with E-state index in [1.807, 2.05) is 30.6 Å². The standard InChI is InChI=1S/C21H27N5O/c1-16-12-18(17(2)26(16)15-20-7-4-11-27-20)13-24-19-6-3-10-25(14-19)21-22-8-5-9-23-21/h4-5,7-9,11-12,19,24H,3,6,10,13-15H2,1-2H3. The Morgan fingerprint density at radius 2 is 2.07 bits per heavy atom. The maximum Gasteiger partial charge on any atom is 0.225 e. The van der Waals surface area contributed by atoms with Crippen molar-refractivity contribution in [2.45, 2.75) is 45.8 Å². The van der Waals surface area contributed by atoms with Crippen molar-refractivity contribution in [2.24, 2.45) is 0 Å². The molecule has 0 amide bonds. The highest BCUT2D eigenvalue weighted by molar-refractivity contribution is 5.30. The molecule has 0 spiro atoms. The summed E-state index contributed by atoms with van der Waals surface area (Å²) in [4.78, 5) is 11.1. The number of anilines is 1. The summed E-state index contributed by atoms with van der Waals surface area (Å²) in [6, 6.07) is 8.57. The molecule has 1 unspecified atom stereocenters. The number of hydrogen-bond donors (Lipinski definition) is 1. The summed E-state index contributed by atoms with van der Waals surface area (Å²) in [6.07, 6.45) is 7.71. The Labute approximate surface area is 160 Å². The predicted octanol–water partition coefficient (Wildman–Crippen LogP) is 3.29. The third-order valence-electron chi connectivity index (χ3n) is 5.41. The number of piperidine rings is 1. The van der Waals surface area contributed by atoms with Crippen molar-refractivity contribution in [1.82, 2.24) is 19.9 Å². The van der Waals surface area contributed by atoms with Crippen LogP contribution in [0.4, 0.5) is 5.95 Å². The van der Waals surface area contributed by atoms with Crippen molar-refractivity contribution in [3.63, 3.8) is 0 Å². The largest absolute Gasteiger partial charge is 0.467 e. The van der Waals surface area contributed by atoms with E-state index in [9.17, 15) is 0 Å². The number of nitrogens with one attached hydrogen (secondary N) is 1. The zero-order valence-corrected chi connectivity index (χ0v) is 16.1. The van der Waals surface area contributed by atoms with Gasteiger partial charge in [-0.3, -0.25) is 0 Å². The van der Waals surface area contributed by atoms with Gasteiger partial charge in [0.05, 0.1) is 12.8 Å². The van der Waals surface area contributed by atoms with Gasteiger partial charge in [-0.2, -0.15) is 0 Å². The van der Waals surface area contributed by atoms with E-state index in [2.05, 4.69) is 44.7 Å². The highest BCUT2D eigenvalue weighted by Crippen LogP contribution is 2.19. The molecule has 1 aliphatic rings. The quantitative estimate of drug-likeness (QED) is 0.726. The second-order valence-electron chi connectivity index (χ2n) is 7.28. The van der Waals surface area contributed by atoms with Gasteiger partial charge in [-0.05, 0) is 56.5 Å². The lowest BCUT2D eigenvalue weighted by Crippen LogP contribution is -2.46. The van der Waals surface area contributed by atoms with Crippen molar-refractivity contribution >= 4 is 5.95 Å². The topological polar surface area (TPSA) is 59.1 Å². The van der Waals surface area contributed by atoms with Crippen LogP contribution in [0, 0.1) is 13.8 Å². The molecule has 0 radical (unpaired) electrons. The highest BCUT2D eigenvalue weighted by Gasteiger charge is 2.21. The minimum atomic E-state index is 0.454. The Hall–Kier alpha value is -2.60. The summed E-state index contributed by atoms with van der Waals surface area (Å²) < 4.78 is 7.83. The smallest absolute Gasteiger partial charge is 0.225 e. The van der Waals surface area contributed by atoms with Crippen molar-refractivity contribution < 1.29 is 4.42 Å². The summed E-state index contributed by atoms with van der Waals surface area (Å²) in [5.74, 6) is 1.82. The molecule has 1 saturated heterocycles. The molecule has 1 atom stereocenters. The van der Waals surface area contributed by atoms with Crippen LogP contribution < -0.4 is 10.2 Å². The molecule has 1 N–H and O–H groups in total. The van der Waals surface area contributed by atoms with Crippen LogP contribution in [-0.2, 0) is 13.1 Å². The Morgan fingerprint density at radius 1 is 1.22 bits per heavy atom. The van der Waals surface area contributed by atoms with Crippen LogP contribution in [0.5, 0.6) is 0 Å². The van der Waals surface area contributed by atoms with Crippen LogP contribution in [0.3, 0.4) is 0 Å². The van der Waals surface area contributed by atoms with Crippen LogP contribution in [0.1, 0.15) is 35.6 Å². The summed E-state index contributed by atoms with van der Waals surface area (Å²) in [5, 5.41) is 3.74. The van der Waals surface area contributed by atoms with Crippen LogP contribution in [0.25, 0.3) is 0 Å². The van der Waals surface area contributed by atoms with Gasteiger partial charge >= 0.3 is 0 Å². The first-order valence-corrected chi connectivity index (χ1v) is 9.64. The van der Waals surface area contributed by atoms with E-state index in [0.29, 0.717) is 6.04 Å². The number of aryl methyl sites for hydroxylation is 1. The van der Waals surface area contributed by atoms with Crippen molar-refractivity contribution in [3.05, 3.63) is 65.6 Å². The molecule has 0 saturated carbocycles. The summed E-state index contributed by atoms with van der Waals surface area (Å²) in [7, 11) is 0. The molecule has 27 heavy (non-hydrogen) atoms. The maximum atomic E-state index is 5.51. The fourth-order valence-electron chi connectivity index (χ4n) is 3.89. The molecule has 0 bridgehead atoms. The summed E-state index contributed by atoms with van der Waals surface area (Å²) >= 11 is 0. The third-order valence-corrected chi connectivity index (χ3v) is 5.41. The second kappa shape index (κ2) is 7.96. The minimum Gasteiger partial charge on any atom is -0.467 e. The second-order valence-corrected chi connectivity index (χ2v) is 7.28. The van der Waals surface area contributed by atoms with Gasteiger partial charge in [-0.15, -0.1) is 0 Å². The molecule has 6 nitrogen and oxygen atoms in total. The minimum absolute atomic E-state index is 0.454. The molecule has 1 fully saturated rings. The molecular weight excluding hydrogens is 338 g/mol. The molecular formula is C21H27N5O. The van der Waals surface area contributed by atoms with Crippen molar-refractivity contribution in [1.29, 1.82) is 0 Å². The zero-order chi connectivity index (χ0) is 18.6. The first-order valence-electron chi connectivity index (χ1n) is 9.64. The van der Waals surface area contributed by atoms with E-state index in [4.69, 9.17) is 4.42 Å². The average Bonchev–Trinajstić information content (AvgIpc) is 3.31. The van der Waals surface area contributed by atoms with Crippen LogP contribution in [0.2, 0.25) is 0 Å². The monoisotopic (exact) mass is 365 g/mol. The molecule has 4 rings (SSSR count). The van der Waals surface area contributed by atoms with E-state index in [1.54, 1.807) is 6.26 Å². The maximum absolute atomic E-state index is 5.51. The van der Waals surface area contributed by atoms with Gasteiger partial charge in [-0.1, -0.05) is 0 Å². The Morgan fingerprint density at radius 3 is 2.85 bits per heavy atom. The number of furan rings is 1. The van der Waals surface area contributed by atoms with Crippen molar-refractivity contribution in [2.75, 3.05) is 18.0 Å². The van der Waals surface area contributed by atoms with E-state index >= 15 is 0 Å². The predicted molar refractivity (Wildman–Crippen MR) is 106 cm³/mol. The molecule has 1 aliphatic heterocycles. The van der Waals surface area contributed by atoms with E-state index < -0.39 is 0 Å². The normalized spacial score (nSPS) is 17.4. The number of aromatic nitrogens is 3. The van der Waals surface area contributed by atoms with Gasteiger partial charge in [0.15, 0.2) is 0 Å². The van der Waals surface area contributed by atoms with Gasteiger partial charge < -0.3 is 19.2 Å². The van der Waals surface area contributed by atoms with E-state index in [0.717, 1.165) is 44.3 Å². The van der Waals surface area contributed by atoms with Crippen LogP contribution in [0.15, 0.2) is 47.3 Å². The molecule has 3 aromatic heterocycles. The number of hydrogen-bond acceptors (Lipinski definition) is 5. The SMILES string of the molecule is Cc1cc(CNC2CCCN(c3ncccn3)C2)c(C)n1Cc1ccco1. The lowest BCUT2D eigenvalue weighted by Gasteiger charge is -2.33. The van der Waals surface area contributed by atoms with Gasteiger partial charge in [-0.25, -0.2) is 9.97 Å². The highest BCUT2D eigenvalue weighted by atomic mass is 16.3. The lowest BCUT2D eigenvalue weighted by molar-refractivity contribution is 0.417. The van der Waals surface area contributed by atoms with Crippen LogP contribution in [-0.4, -0.2) is 33.7 Å². The fourth-order valence-corrected chi connectivity index (χ4v) is 3.89. The van der Waals surface area contributed by atoms with E-state index in [1.165, 1.54) is 23.4 Å². The van der Waals surface area contributed by atoms with Gasteiger partial charge in [0.25, 0.3) is 0 Å². The molecule has 0 aliphatic carbocycles. The first-order chi connectivity index (χ1) is 13.2. The fraction of sp³-hybridized carbons (Fsp3) is 0.429. The Bertz CT molecular complexity index is 856. The first kappa shape index (κ1) is 17.8. The average molecular weight is 365 g/mol. The summed E-state index contributed by atoms with van der Waals surface area (Å²) in [5.41, 5.74) is 3.92. The molecule has 3 aromatic rings.